The molecule has 1 heterocycles. The quantitative estimate of drug-likeness (QED) is 0.901. The van der Waals surface area contributed by atoms with Crippen LogP contribution in [0.15, 0.2) is 18.2 Å². The predicted molar refractivity (Wildman–Crippen MR) is 83.1 cm³/mol. The van der Waals surface area contributed by atoms with Crippen LogP contribution < -0.4 is 10.1 Å². The maximum atomic E-state index is 6.17. The maximum Gasteiger partial charge on any atom is 0.124 e. The molecule has 0 spiro atoms. The number of fused-ring (bicyclic) bond motifs is 1. The van der Waals surface area contributed by atoms with Crippen molar-refractivity contribution in [1.29, 1.82) is 0 Å². The Morgan fingerprint density at radius 1 is 1.25 bits per heavy atom. The molecule has 0 unspecified atom stereocenters. The third-order valence-electron chi connectivity index (χ3n) is 5.04. The highest BCUT2D eigenvalue weighted by atomic mass is 16.5. The molecule has 1 saturated carbocycles. The zero-order chi connectivity index (χ0) is 14.0. The van der Waals surface area contributed by atoms with Crippen LogP contribution in [0.1, 0.15) is 50.7 Å². The first-order chi connectivity index (χ1) is 9.64. The molecule has 1 aliphatic heterocycles. The third-order valence-corrected chi connectivity index (χ3v) is 5.04. The standard InChI is InChI=1S/C18H27NO/c1-18(2)9-6-14(7-10-18)13-20-17-5-3-4-15-8-11-19-12-16(15)17/h3-5,14,19H,6-13H2,1-2H3. The number of nitrogens with one attached hydrogen (secondary N) is 1. The lowest BCUT2D eigenvalue weighted by molar-refractivity contribution is 0.141. The zero-order valence-corrected chi connectivity index (χ0v) is 12.9. The average molecular weight is 273 g/mol. The molecule has 1 N–H and O–H groups in total. The predicted octanol–water partition coefficient (Wildman–Crippen LogP) is 3.93. The van der Waals surface area contributed by atoms with E-state index in [1.807, 2.05) is 0 Å². The Kier molecular flexibility index (Phi) is 4.02. The first-order valence-corrected chi connectivity index (χ1v) is 8.08. The summed E-state index contributed by atoms with van der Waals surface area (Å²) in [6, 6.07) is 6.52. The second-order valence-corrected chi connectivity index (χ2v) is 7.24. The fraction of sp³-hybridized carbons (Fsp3) is 0.667. The summed E-state index contributed by atoms with van der Waals surface area (Å²) in [4.78, 5) is 0. The lowest BCUT2D eigenvalue weighted by Crippen LogP contribution is -2.26. The summed E-state index contributed by atoms with van der Waals surface area (Å²) in [5.74, 6) is 1.86. The van der Waals surface area contributed by atoms with E-state index in [9.17, 15) is 0 Å². The van der Waals surface area contributed by atoms with Crippen molar-refractivity contribution in [1.82, 2.24) is 5.32 Å². The molecule has 0 bridgehead atoms. The van der Waals surface area contributed by atoms with Crippen molar-refractivity contribution in [2.45, 2.75) is 52.5 Å². The number of hydrogen-bond acceptors (Lipinski definition) is 2. The van der Waals surface area contributed by atoms with Gasteiger partial charge in [0.25, 0.3) is 0 Å². The van der Waals surface area contributed by atoms with Gasteiger partial charge in [0.1, 0.15) is 5.75 Å². The summed E-state index contributed by atoms with van der Waals surface area (Å²) in [6.07, 6.45) is 6.45. The van der Waals surface area contributed by atoms with Gasteiger partial charge in [0, 0.05) is 12.1 Å². The van der Waals surface area contributed by atoms with Gasteiger partial charge in [-0.25, -0.2) is 0 Å². The van der Waals surface area contributed by atoms with E-state index >= 15 is 0 Å². The zero-order valence-electron chi connectivity index (χ0n) is 12.9. The lowest BCUT2D eigenvalue weighted by Gasteiger charge is -2.34. The van der Waals surface area contributed by atoms with E-state index in [4.69, 9.17) is 4.74 Å². The molecule has 2 heteroatoms. The van der Waals surface area contributed by atoms with E-state index in [-0.39, 0.29) is 0 Å². The Bertz CT molecular complexity index is 456. The van der Waals surface area contributed by atoms with Gasteiger partial charge in [-0.2, -0.15) is 0 Å². The molecule has 110 valence electrons. The second-order valence-electron chi connectivity index (χ2n) is 7.24. The van der Waals surface area contributed by atoms with Crippen LogP contribution in [0, 0.1) is 11.3 Å². The number of benzene rings is 1. The van der Waals surface area contributed by atoms with Gasteiger partial charge in [0.15, 0.2) is 0 Å². The molecular formula is C18H27NO. The topological polar surface area (TPSA) is 21.3 Å². The summed E-state index contributed by atoms with van der Waals surface area (Å²) < 4.78 is 6.17. The van der Waals surface area contributed by atoms with Gasteiger partial charge >= 0.3 is 0 Å². The molecule has 0 amide bonds. The SMILES string of the molecule is CC1(C)CCC(COc2cccc3c2CNCC3)CC1. The first kappa shape index (κ1) is 13.9. The van der Waals surface area contributed by atoms with Crippen LogP contribution >= 0.6 is 0 Å². The van der Waals surface area contributed by atoms with Gasteiger partial charge in [-0.3, -0.25) is 0 Å². The lowest BCUT2D eigenvalue weighted by atomic mass is 9.73. The minimum atomic E-state index is 0.548. The summed E-state index contributed by atoms with van der Waals surface area (Å²) in [7, 11) is 0. The van der Waals surface area contributed by atoms with Crippen LogP contribution in [0.3, 0.4) is 0 Å². The molecule has 1 fully saturated rings. The average Bonchev–Trinajstić information content (AvgIpc) is 2.46. The van der Waals surface area contributed by atoms with Crippen LogP contribution in [0.5, 0.6) is 5.75 Å². The molecule has 0 atom stereocenters. The van der Waals surface area contributed by atoms with Crippen LogP contribution in [-0.2, 0) is 13.0 Å². The summed E-state index contributed by atoms with van der Waals surface area (Å²) in [5, 5.41) is 3.45. The summed E-state index contributed by atoms with van der Waals surface area (Å²) in [6.45, 7) is 7.73. The van der Waals surface area contributed by atoms with E-state index < -0.39 is 0 Å². The van der Waals surface area contributed by atoms with Crippen molar-refractivity contribution < 1.29 is 4.74 Å². The van der Waals surface area contributed by atoms with Crippen LogP contribution in [-0.4, -0.2) is 13.2 Å². The van der Waals surface area contributed by atoms with Crippen molar-refractivity contribution >= 4 is 0 Å². The molecule has 20 heavy (non-hydrogen) atoms. The van der Waals surface area contributed by atoms with Gasteiger partial charge in [-0.1, -0.05) is 26.0 Å². The van der Waals surface area contributed by atoms with Gasteiger partial charge in [-0.05, 0) is 61.6 Å². The Hall–Kier alpha value is -1.02. The minimum absolute atomic E-state index is 0.548. The molecule has 0 saturated heterocycles. The monoisotopic (exact) mass is 273 g/mol. The summed E-state index contributed by atoms with van der Waals surface area (Å²) in [5.41, 5.74) is 3.40. The number of rotatable bonds is 3. The van der Waals surface area contributed by atoms with Crippen molar-refractivity contribution in [3.63, 3.8) is 0 Å². The highest BCUT2D eigenvalue weighted by molar-refractivity contribution is 5.41. The fourth-order valence-electron chi connectivity index (χ4n) is 3.45. The molecule has 0 aromatic heterocycles. The largest absolute Gasteiger partial charge is 0.493 e. The van der Waals surface area contributed by atoms with Gasteiger partial charge in [0.05, 0.1) is 6.61 Å². The van der Waals surface area contributed by atoms with Gasteiger partial charge < -0.3 is 10.1 Å². The number of ether oxygens (including phenoxy) is 1. The van der Waals surface area contributed by atoms with Crippen LogP contribution in [0.25, 0.3) is 0 Å². The normalized spacial score (nSPS) is 22.3. The van der Waals surface area contributed by atoms with Gasteiger partial charge in [-0.15, -0.1) is 0 Å². The number of hydrogen-bond donors (Lipinski definition) is 1. The Balaban J connectivity index is 1.59. The Labute approximate surface area is 122 Å². The second kappa shape index (κ2) is 5.77. The molecule has 3 rings (SSSR count). The van der Waals surface area contributed by atoms with Crippen LogP contribution in [0.2, 0.25) is 0 Å². The van der Waals surface area contributed by atoms with E-state index in [2.05, 4.69) is 37.4 Å². The molecular weight excluding hydrogens is 246 g/mol. The first-order valence-electron chi connectivity index (χ1n) is 8.08. The molecule has 2 aliphatic rings. The molecule has 1 aromatic rings. The van der Waals surface area contributed by atoms with Crippen molar-refractivity contribution in [3.8, 4) is 5.75 Å². The molecule has 0 radical (unpaired) electrons. The third kappa shape index (κ3) is 3.17. The maximum absolute atomic E-state index is 6.17. The van der Waals surface area contributed by atoms with E-state index in [0.717, 1.165) is 37.8 Å². The van der Waals surface area contributed by atoms with Gasteiger partial charge in [0.2, 0.25) is 0 Å². The van der Waals surface area contributed by atoms with Crippen molar-refractivity contribution in [2.24, 2.45) is 11.3 Å². The molecule has 1 aliphatic carbocycles. The highest BCUT2D eigenvalue weighted by Gasteiger charge is 2.27. The molecule has 1 aromatic carbocycles. The Morgan fingerprint density at radius 3 is 2.85 bits per heavy atom. The fourth-order valence-corrected chi connectivity index (χ4v) is 3.45. The van der Waals surface area contributed by atoms with E-state index in [1.165, 1.54) is 36.8 Å². The van der Waals surface area contributed by atoms with E-state index in [1.54, 1.807) is 0 Å². The Morgan fingerprint density at radius 2 is 2.05 bits per heavy atom. The van der Waals surface area contributed by atoms with E-state index in [0.29, 0.717) is 5.41 Å². The smallest absolute Gasteiger partial charge is 0.124 e. The highest BCUT2D eigenvalue weighted by Crippen LogP contribution is 2.38. The summed E-state index contributed by atoms with van der Waals surface area (Å²) >= 11 is 0. The molecule has 2 nitrogen and oxygen atoms in total. The van der Waals surface area contributed by atoms with Crippen molar-refractivity contribution in [3.05, 3.63) is 29.3 Å². The van der Waals surface area contributed by atoms with Crippen molar-refractivity contribution in [2.75, 3.05) is 13.2 Å². The van der Waals surface area contributed by atoms with Crippen LogP contribution in [0.4, 0.5) is 0 Å². The minimum Gasteiger partial charge on any atom is -0.493 e.